The van der Waals surface area contributed by atoms with Crippen LogP contribution in [0.5, 0.6) is 0 Å². The number of nitrogens with one attached hydrogen (secondary N) is 1. The molecule has 4 nitrogen and oxygen atoms in total. The second-order valence-electron chi connectivity index (χ2n) is 5.13. The van der Waals surface area contributed by atoms with E-state index in [9.17, 15) is 4.79 Å². The third kappa shape index (κ3) is 3.78. The minimum Gasteiger partial charge on any atom is -0.326 e. The topological polar surface area (TPSA) is 58.4 Å². The summed E-state index contributed by atoms with van der Waals surface area (Å²) in [5.74, 6) is 0.0644. The first-order chi connectivity index (χ1) is 9.22. The molecule has 0 radical (unpaired) electrons. The molecule has 4 heteroatoms. The zero-order valence-electron chi connectivity index (χ0n) is 11.6. The molecule has 1 aromatic rings. The number of rotatable bonds is 5. The van der Waals surface area contributed by atoms with Crippen molar-refractivity contribution in [3.8, 4) is 0 Å². The molecule has 1 aromatic carbocycles. The summed E-state index contributed by atoms with van der Waals surface area (Å²) < 4.78 is 0. The van der Waals surface area contributed by atoms with Gasteiger partial charge >= 0.3 is 0 Å². The highest BCUT2D eigenvalue weighted by molar-refractivity contribution is 5.92. The number of likely N-dealkylation sites (tertiary alicyclic amines) is 1. The van der Waals surface area contributed by atoms with Gasteiger partial charge < -0.3 is 11.1 Å². The van der Waals surface area contributed by atoms with E-state index >= 15 is 0 Å². The number of anilines is 1. The van der Waals surface area contributed by atoms with Gasteiger partial charge in [0.05, 0.1) is 6.54 Å². The van der Waals surface area contributed by atoms with E-state index in [0.717, 1.165) is 24.2 Å². The summed E-state index contributed by atoms with van der Waals surface area (Å²) in [6, 6.07) is 8.28. The van der Waals surface area contributed by atoms with Gasteiger partial charge in [-0.3, -0.25) is 9.69 Å². The molecule has 0 saturated carbocycles. The molecule has 19 heavy (non-hydrogen) atoms. The van der Waals surface area contributed by atoms with E-state index in [2.05, 4.69) is 17.1 Å². The molecule has 0 aliphatic carbocycles. The second kappa shape index (κ2) is 6.68. The Bertz CT molecular complexity index is 433. The van der Waals surface area contributed by atoms with Crippen molar-refractivity contribution in [3.05, 3.63) is 29.8 Å². The molecule has 104 valence electrons. The van der Waals surface area contributed by atoms with Gasteiger partial charge in [-0.25, -0.2) is 0 Å². The first-order valence-electron chi connectivity index (χ1n) is 7.06. The summed E-state index contributed by atoms with van der Waals surface area (Å²) in [6.07, 6.45) is 3.54. The Balaban J connectivity index is 1.90. The Hall–Kier alpha value is -1.39. The highest BCUT2D eigenvalue weighted by Crippen LogP contribution is 2.19. The van der Waals surface area contributed by atoms with Gasteiger partial charge in [-0.2, -0.15) is 0 Å². The summed E-state index contributed by atoms with van der Waals surface area (Å²) in [5.41, 5.74) is 7.46. The van der Waals surface area contributed by atoms with E-state index in [1.807, 2.05) is 24.3 Å². The van der Waals surface area contributed by atoms with Crippen molar-refractivity contribution in [2.45, 2.75) is 38.8 Å². The van der Waals surface area contributed by atoms with Crippen LogP contribution in [0.3, 0.4) is 0 Å². The fraction of sp³-hybridized carbons (Fsp3) is 0.533. The quantitative estimate of drug-likeness (QED) is 0.852. The first-order valence-corrected chi connectivity index (χ1v) is 7.06. The Kier molecular flexibility index (Phi) is 4.93. The molecule has 1 atom stereocenters. The molecule has 1 heterocycles. The van der Waals surface area contributed by atoms with E-state index in [0.29, 0.717) is 19.1 Å². The lowest BCUT2D eigenvalue weighted by molar-refractivity contribution is -0.117. The SMILES string of the molecule is CCC1CCCN1CC(=O)Nc1cccc(CN)c1. The molecule has 1 saturated heterocycles. The number of hydrogen-bond acceptors (Lipinski definition) is 3. The molecule has 1 aliphatic heterocycles. The molecule has 1 amide bonds. The number of carbonyl (C=O) groups excluding carboxylic acids is 1. The fourth-order valence-electron chi connectivity index (χ4n) is 2.73. The summed E-state index contributed by atoms with van der Waals surface area (Å²) in [5, 5.41) is 2.95. The average molecular weight is 261 g/mol. The van der Waals surface area contributed by atoms with Crippen molar-refractivity contribution in [1.82, 2.24) is 4.90 Å². The van der Waals surface area contributed by atoms with E-state index in [4.69, 9.17) is 5.73 Å². The van der Waals surface area contributed by atoms with Gasteiger partial charge in [0.15, 0.2) is 0 Å². The minimum atomic E-state index is 0.0644. The van der Waals surface area contributed by atoms with Crippen LogP contribution in [-0.4, -0.2) is 29.9 Å². The third-order valence-corrected chi connectivity index (χ3v) is 3.76. The molecule has 0 bridgehead atoms. The van der Waals surface area contributed by atoms with Gasteiger partial charge in [0.25, 0.3) is 0 Å². The summed E-state index contributed by atoms with van der Waals surface area (Å²) in [4.78, 5) is 14.3. The average Bonchev–Trinajstić information content (AvgIpc) is 2.86. The van der Waals surface area contributed by atoms with Gasteiger partial charge in [0.1, 0.15) is 0 Å². The Morgan fingerprint density at radius 3 is 3.11 bits per heavy atom. The van der Waals surface area contributed by atoms with Gasteiger partial charge in [0.2, 0.25) is 5.91 Å². The lowest BCUT2D eigenvalue weighted by Crippen LogP contribution is -2.36. The van der Waals surface area contributed by atoms with Crippen molar-refractivity contribution >= 4 is 11.6 Å². The first kappa shape index (κ1) is 14.0. The van der Waals surface area contributed by atoms with Crippen LogP contribution < -0.4 is 11.1 Å². The lowest BCUT2D eigenvalue weighted by Gasteiger charge is -2.22. The molecule has 1 aliphatic rings. The van der Waals surface area contributed by atoms with E-state index in [1.165, 1.54) is 12.8 Å². The highest BCUT2D eigenvalue weighted by atomic mass is 16.2. The van der Waals surface area contributed by atoms with Crippen molar-refractivity contribution in [1.29, 1.82) is 0 Å². The number of amides is 1. The standard InChI is InChI=1S/C15H23N3O/c1-2-14-7-4-8-18(14)11-15(19)17-13-6-3-5-12(9-13)10-16/h3,5-6,9,14H,2,4,7-8,10-11,16H2,1H3,(H,17,19). The number of nitrogens with zero attached hydrogens (tertiary/aromatic N) is 1. The smallest absolute Gasteiger partial charge is 0.238 e. The van der Waals surface area contributed by atoms with Crippen LogP contribution in [0.4, 0.5) is 5.69 Å². The maximum atomic E-state index is 12.0. The lowest BCUT2D eigenvalue weighted by atomic mass is 10.2. The largest absolute Gasteiger partial charge is 0.326 e. The van der Waals surface area contributed by atoms with Crippen LogP contribution in [0.25, 0.3) is 0 Å². The zero-order chi connectivity index (χ0) is 13.7. The summed E-state index contributed by atoms with van der Waals surface area (Å²) >= 11 is 0. The monoisotopic (exact) mass is 261 g/mol. The van der Waals surface area contributed by atoms with Crippen molar-refractivity contribution in [3.63, 3.8) is 0 Å². The molecule has 1 fully saturated rings. The summed E-state index contributed by atoms with van der Waals surface area (Å²) in [6.45, 7) is 4.21. The van der Waals surface area contributed by atoms with Gasteiger partial charge in [0, 0.05) is 18.3 Å². The van der Waals surface area contributed by atoms with Crippen LogP contribution in [-0.2, 0) is 11.3 Å². The number of nitrogens with two attached hydrogens (primary N) is 1. The predicted octanol–water partition coefficient (Wildman–Crippen LogP) is 1.96. The van der Waals surface area contributed by atoms with Crippen molar-refractivity contribution < 1.29 is 4.79 Å². The van der Waals surface area contributed by atoms with Crippen LogP contribution in [0.2, 0.25) is 0 Å². The molecular formula is C15H23N3O. The van der Waals surface area contributed by atoms with Crippen LogP contribution in [0, 0.1) is 0 Å². The Morgan fingerprint density at radius 1 is 1.53 bits per heavy atom. The molecule has 1 unspecified atom stereocenters. The number of benzene rings is 1. The Labute approximate surface area is 115 Å². The predicted molar refractivity (Wildman–Crippen MR) is 77.8 cm³/mol. The number of hydrogen-bond donors (Lipinski definition) is 2. The van der Waals surface area contributed by atoms with E-state index < -0.39 is 0 Å². The van der Waals surface area contributed by atoms with Crippen LogP contribution in [0.15, 0.2) is 24.3 Å². The fourth-order valence-corrected chi connectivity index (χ4v) is 2.73. The Morgan fingerprint density at radius 2 is 2.37 bits per heavy atom. The minimum absolute atomic E-state index is 0.0644. The van der Waals surface area contributed by atoms with Crippen molar-refractivity contribution in [2.75, 3.05) is 18.4 Å². The van der Waals surface area contributed by atoms with Gasteiger partial charge in [-0.1, -0.05) is 19.1 Å². The highest BCUT2D eigenvalue weighted by Gasteiger charge is 2.24. The van der Waals surface area contributed by atoms with Gasteiger partial charge in [-0.05, 0) is 43.5 Å². The number of carbonyl (C=O) groups is 1. The van der Waals surface area contributed by atoms with Gasteiger partial charge in [-0.15, -0.1) is 0 Å². The maximum Gasteiger partial charge on any atom is 0.238 e. The molecule has 3 N–H and O–H groups in total. The normalized spacial score (nSPS) is 19.6. The van der Waals surface area contributed by atoms with E-state index in [1.54, 1.807) is 0 Å². The third-order valence-electron chi connectivity index (χ3n) is 3.76. The molecule has 0 spiro atoms. The molecule has 2 rings (SSSR count). The molecule has 0 aromatic heterocycles. The summed E-state index contributed by atoms with van der Waals surface area (Å²) in [7, 11) is 0. The maximum absolute atomic E-state index is 12.0. The van der Waals surface area contributed by atoms with E-state index in [-0.39, 0.29) is 5.91 Å². The molecular weight excluding hydrogens is 238 g/mol. The second-order valence-corrected chi connectivity index (χ2v) is 5.13. The van der Waals surface area contributed by atoms with Crippen LogP contribution >= 0.6 is 0 Å². The van der Waals surface area contributed by atoms with Crippen molar-refractivity contribution in [2.24, 2.45) is 5.73 Å². The van der Waals surface area contributed by atoms with Crippen LogP contribution in [0.1, 0.15) is 31.7 Å². The zero-order valence-corrected chi connectivity index (χ0v) is 11.6.